The fourth-order valence-electron chi connectivity index (χ4n) is 4.31. The molecule has 0 spiro atoms. The number of nitrogens with zero attached hydrogens (tertiary/aromatic N) is 3. The zero-order valence-electron chi connectivity index (χ0n) is 17.9. The third-order valence-corrected chi connectivity index (χ3v) is 8.82. The molecule has 0 saturated carbocycles. The van der Waals surface area contributed by atoms with Crippen molar-refractivity contribution in [1.82, 2.24) is 8.87 Å². The Bertz CT molecular complexity index is 1220. The summed E-state index contributed by atoms with van der Waals surface area (Å²) >= 11 is 1.59. The third-order valence-electron chi connectivity index (χ3n) is 6.04. The first-order chi connectivity index (χ1) is 15.6. The molecule has 0 unspecified atom stereocenters. The number of hydrogen-bond donors (Lipinski definition) is 0. The lowest BCUT2D eigenvalue weighted by Crippen LogP contribution is -2.27. The lowest BCUT2D eigenvalue weighted by Gasteiger charge is -2.16. The molecule has 32 heavy (non-hydrogen) atoms. The van der Waals surface area contributed by atoms with Crippen LogP contribution < -0.4 is 4.80 Å². The van der Waals surface area contributed by atoms with Crippen molar-refractivity contribution in [2.24, 2.45) is 4.99 Å². The minimum Gasteiger partial charge on any atom is -0.376 e. The van der Waals surface area contributed by atoms with Crippen molar-refractivity contribution in [2.45, 2.75) is 43.2 Å². The quantitative estimate of drug-likeness (QED) is 0.537. The molecule has 168 valence electrons. The molecule has 8 heteroatoms. The van der Waals surface area contributed by atoms with Crippen molar-refractivity contribution in [3.05, 3.63) is 64.8 Å². The number of rotatable bonds is 6. The Hall–Kier alpha value is -2.26. The van der Waals surface area contributed by atoms with Gasteiger partial charge in [-0.05, 0) is 55.5 Å². The fraction of sp³-hybridized carbons (Fsp3) is 0.375. The maximum absolute atomic E-state index is 12.9. The van der Waals surface area contributed by atoms with Crippen LogP contribution in [0.15, 0.2) is 69.9 Å². The number of ether oxygens (including phenoxy) is 1. The molecule has 1 aromatic heterocycles. The monoisotopic (exact) mass is 469 g/mol. The van der Waals surface area contributed by atoms with E-state index in [1.54, 1.807) is 27.8 Å². The standard InChI is InChI=1S/C24H27N3O3S2/c28-32(29,26-14-4-5-15-26)22-12-10-19(11-13-22)23-18-31-24(25-20-7-2-1-3-8-20)27(23)17-21-9-6-16-30-21/h1-3,7-8,10-13,18,21H,4-6,9,14-17H2/t21-/m1/s1. The van der Waals surface area contributed by atoms with Gasteiger partial charge >= 0.3 is 0 Å². The molecule has 2 aliphatic heterocycles. The molecular weight excluding hydrogens is 442 g/mol. The number of benzene rings is 2. The highest BCUT2D eigenvalue weighted by molar-refractivity contribution is 7.89. The van der Waals surface area contributed by atoms with Crippen LogP contribution in [0.2, 0.25) is 0 Å². The minimum absolute atomic E-state index is 0.174. The Balaban J connectivity index is 1.50. The van der Waals surface area contributed by atoms with Crippen molar-refractivity contribution >= 4 is 27.0 Å². The summed E-state index contributed by atoms with van der Waals surface area (Å²) in [5, 5.41) is 2.10. The number of para-hydroxylation sites is 1. The van der Waals surface area contributed by atoms with Crippen molar-refractivity contribution in [2.75, 3.05) is 19.7 Å². The molecule has 1 atom stereocenters. The van der Waals surface area contributed by atoms with Gasteiger partial charge in [0.1, 0.15) is 0 Å². The summed E-state index contributed by atoms with van der Waals surface area (Å²) in [5.74, 6) is 0. The first-order valence-electron chi connectivity index (χ1n) is 11.1. The van der Waals surface area contributed by atoms with Crippen LogP contribution in [0.4, 0.5) is 5.69 Å². The SMILES string of the molecule is O=S(=O)(c1ccc(-c2csc(=Nc3ccccc3)n2C[C@H]2CCCO2)cc1)N1CCCC1. The zero-order chi connectivity index (χ0) is 22.0. The molecule has 2 fully saturated rings. The van der Waals surface area contributed by atoms with E-state index in [4.69, 9.17) is 9.73 Å². The van der Waals surface area contributed by atoms with E-state index in [1.165, 1.54) is 0 Å². The topological polar surface area (TPSA) is 63.9 Å². The van der Waals surface area contributed by atoms with Crippen molar-refractivity contribution in [3.8, 4) is 11.3 Å². The van der Waals surface area contributed by atoms with E-state index in [0.29, 0.717) is 18.0 Å². The van der Waals surface area contributed by atoms with Crippen LogP contribution in [0.5, 0.6) is 0 Å². The second-order valence-corrected chi connectivity index (χ2v) is 11.0. The highest BCUT2D eigenvalue weighted by atomic mass is 32.2. The summed E-state index contributed by atoms with van der Waals surface area (Å²) in [6.07, 6.45) is 4.17. The Morgan fingerprint density at radius 2 is 1.75 bits per heavy atom. The molecule has 2 aromatic carbocycles. The molecule has 2 saturated heterocycles. The molecule has 2 aliphatic rings. The second-order valence-electron chi connectivity index (χ2n) is 8.23. The van der Waals surface area contributed by atoms with Crippen LogP contribution in [-0.2, 0) is 21.3 Å². The highest BCUT2D eigenvalue weighted by Gasteiger charge is 2.27. The molecule has 6 nitrogen and oxygen atoms in total. The maximum Gasteiger partial charge on any atom is 0.243 e. The van der Waals surface area contributed by atoms with Crippen molar-refractivity contribution < 1.29 is 13.2 Å². The van der Waals surface area contributed by atoms with Gasteiger partial charge in [0.05, 0.1) is 28.9 Å². The molecule has 3 heterocycles. The minimum atomic E-state index is -3.41. The number of thiazole rings is 1. The summed E-state index contributed by atoms with van der Waals surface area (Å²) in [4.78, 5) is 6.13. The number of aromatic nitrogens is 1. The van der Waals surface area contributed by atoms with E-state index in [1.807, 2.05) is 42.5 Å². The summed E-state index contributed by atoms with van der Waals surface area (Å²) < 4.78 is 35.4. The van der Waals surface area contributed by atoms with E-state index in [9.17, 15) is 8.42 Å². The van der Waals surface area contributed by atoms with Crippen LogP contribution in [0, 0.1) is 0 Å². The summed E-state index contributed by atoms with van der Waals surface area (Å²) in [6.45, 7) is 2.76. The normalized spacial score (nSPS) is 20.2. The van der Waals surface area contributed by atoms with Crippen LogP contribution in [0.3, 0.4) is 0 Å². The largest absolute Gasteiger partial charge is 0.376 e. The van der Waals surface area contributed by atoms with Crippen LogP contribution in [0.1, 0.15) is 25.7 Å². The molecular formula is C24H27N3O3S2. The fourth-order valence-corrected chi connectivity index (χ4v) is 6.76. The Morgan fingerprint density at radius 3 is 2.44 bits per heavy atom. The predicted molar refractivity (Wildman–Crippen MR) is 126 cm³/mol. The summed E-state index contributed by atoms with van der Waals surface area (Å²) in [5.41, 5.74) is 2.92. The Labute approximate surface area is 192 Å². The highest BCUT2D eigenvalue weighted by Crippen LogP contribution is 2.27. The maximum atomic E-state index is 12.9. The van der Waals surface area contributed by atoms with Crippen LogP contribution >= 0.6 is 11.3 Å². The number of sulfonamides is 1. The lowest BCUT2D eigenvalue weighted by atomic mass is 10.1. The Kier molecular flexibility index (Phi) is 6.28. The average Bonchev–Trinajstić information content (AvgIpc) is 3.59. The van der Waals surface area contributed by atoms with Gasteiger partial charge in [-0.3, -0.25) is 0 Å². The van der Waals surface area contributed by atoms with Gasteiger partial charge in [0, 0.05) is 25.1 Å². The molecule has 0 bridgehead atoms. The first-order valence-corrected chi connectivity index (χ1v) is 13.4. The van der Waals surface area contributed by atoms with E-state index in [0.717, 1.165) is 60.6 Å². The van der Waals surface area contributed by atoms with Crippen molar-refractivity contribution in [3.63, 3.8) is 0 Å². The zero-order valence-corrected chi connectivity index (χ0v) is 19.5. The first kappa shape index (κ1) is 21.6. The van der Waals surface area contributed by atoms with Gasteiger partial charge in [-0.15, -0.1) is 11.3 Å². The average molecular weight is 470 g/mol. The summed E-state index contributed by atoms with van der Waals surface area (Å²) in [6, 6.07) is 17.2. The van der Waals surface area contributed by atoms with Gasteiger partial charge in [0.25, 0.3) is 0 Å². The van der Waals surface area contributed by atoms with Crippen LogP contribution in [-0.4, -0.2) is 43.1 Å². The molecule has 0 N–H and O–H groups in total. The van der Waals surface area contributed by atoms with Crippen molar-refractivity contribution in [1.29, 1.82) is 0 Å². The molecule has 0 aliphatic carbocycles. The number of hydrogen-bond acceptors (Lipinski definition) is 5. The summed E-state index contributed by atoms with van der Waals surface area (Å²) in [7, 11) is -3.41. The van der Waals surface area contributed by atoms with Gasteiger partial charge in [0.2, 0.25) is 10.0 Å². The van der Waals surface area contributed by atoms with Crippen LogP contribution in [0.25, 0.3) is 11.3 Å². The second kappa shape index (κ2) is 9.31. The Morgan fingerprint density at radius 1 is 1.00 bits per heavy atom. The van der Waals surface area contributed by atoms with E-state index in [-0.39, 0.29) is 6.10 Å². The van der Waals surface area contributed by atoms with Gasteiger partial charge in [-0.1, -0.05) is 30.3 Å². The smallest absolute Gasteiger partial charge is 0.243 e. The van der Waals surface area contributed by atoms with Gasteiger partial charge < -0.3 is 9.30 Å². The molecule has 0 amide bonds. The molecule has 0 radical (unpaired) electrons. The van der Waals surface area contributed by atoms with E-state index < -0.39 is 10.0 Å². The van der Waals surface area contributed by atoms with E-state index >= 15 is 0 Å². The predicted octanol–water partition coefficient (Wildman–Crippen LogP) is 4.41. The van der Waals surface area contributed by atoms with E-state index in [2.05, 4.69) is 9.95 Å². The van der Waals surface area contributed by atoms with Gasteiger partial charge in [0.15, 0.2) is 4.80 Å². The van der Waals surface area contributed by atoms with Gasteiger partial charge in [-0.25, -0.2) is 13.4 Å². The van der Waals surface area contributed by atoms with Gasteiger partial charge in [-0.2, -0.15) is 4.31 Å². The third kappa shape index (κ3) is 4.45. The molecule has 3 aromatic rings. The molecule has 5 rings (SSSR count). The lowest BCUT2D eigenvalue weighted by molar-refractivity contribution is 0.0968.